The molecule has 0 aliphatic carbocycles. The summed E-state index contributed by atoms with van der Waals surface area (Å²) in [5.74, 6) is -0.901. The molecule has 306 valence electrons. The molecule has 6 rings (SSSR count). The van der Waals surface area contributed by atoms with Crippen LogP contribution < -0.4 is 23.8 Å². The van der Waals surface area contributed by atoms with Gasteiger partial charge in [-0.1, -0.05) is 51.1 Å². The quantitative estimate of drug-likeness (QED) is 0.0890. The maximum absolute atomic E-state index is 14.4. The van der Waals surface area contributed by atoms with Gasteiger partial charge in [0, 0.05) is 23.7 Å². The normalized spacial score (nSPS) is 12.4. The van der Waals surface area contributed by atoms with Gasteiger partial charge in [-0.15, -0.1) is 26.3 Å². The van der Waals surface area contributed by atoms with Crippen molar-refractivity contribution in [2.45, 2.75) is 51.4 Å². The molecule has 0 N–H and O–H groups in total. The number of esters is 1. The zero-order valence-corrected chi connectivity index (χ0v) is 31.9. The number of hydrogen-bond acceptors (Lipinski definition) is 8. The molecule has 1 aromatic heterocycles. The summed E-state index contributed by atoms with van der Waals surface area (Å²) in [5.41, 5.74) is 1.60. The highest BCUT2D eigenvalue weighted by atomic mass is 19.4. The van der Waals surface area contributed by atoms with E-state index in [-0.39, 0.29) is 29.0 Å². The van der Waals surface area contributed by atoms with Crippen LogP contribution >= 0.6 is 0 Å². The van der Waals surface area contributed by atoms with Gasteiger partial charge in [0.2, 0.25) is 0 Å². The number of carbonyl (C=O) groups excluding carboxylic acids is 2. The molecule has 59 heavy (non-hydrogen) atoms. The van der Waals surface area contributed by atoms with Crippen LogP contribution in [0, 0.1) is 0 Å². The second-order valence-electron chi connectivity index (χ2n) is 14.2. The molecule has 5 aromatic carbocycles. The molecule has 0 saturated heterocycles. The average Bonchev–Trinajstić information content (AvgIpc) is 3.18. The van der Waals surface area contributed by atoms with E-state index in [0.717, 1.165) is 41.8 Å². The van der Waals surface area contributed by atoms with Gasteiger partial charge in [0.25, 0.3) is 5.91 Å². The van der Waals surface area contributed by atoms with Crippen LogP contribution in [0.15, 0.2) is 128 Å². The van der Waals surface area contributed by atoms with E-state index in [1.807, 2.05) is 24.3 Å². The molecule has 1 amide bonds. The third kappa shape index (κ3) is 11.2. The Hall–Kier alpha value is -6.77. The van der Waals surface area contributed by atoms with Gasteiger partial charge in [0.15, 0.2) is 0 Å². The van der Waals surface area contributed by atoms with Crippen molar-refractivity contribution < 1.29 is 59.6 Å². The van der Waals surface area contributed by atoms with E-state index < -0.39 is 42.1 Å². The number of benzene rings is 5. The number of hydrogen-bond donors (Lipinski definition) is 0. The molecule has 0 unspecified atom stereocenters. The Morgan fingerprint density at radius 1 is 0.610 bits per heavy atom. The second-order valence-corrected chi connectivity index (χ2v) is 14.2. The number of ether oxygens (including phenoxy) is 5. The number of methoxy groups -OCH3 is 1. The van der Waals surface area contributed by atoms with Gasteiger partial charge in [-0.3, -0.25) is 14.7 Å². The van der Waals surface area contributed by atoms with Crippen LogP contribution in [0.5, 0.6) is 34.5 Å². The minimum absolute atomic E-state index is 0.0252. The Balaban J connectivity index is 1.27. The molecule has 0 aliphatic heterocycles. The molecule has 0 radical (unpaired) electrons. The molecule has 1 heterocycles. The number of fused-ring (bicyclic) bond motifs is 1. The van der Waals surface area contributed by atoms with Crippen molar-refractivity contribution in [3.05, 3.63) is 144 Å². The summed E-state index contributed by atoms with van der Waals surface area (Å²) in [6.45, 7) is 6.34. The topological polar surface area (TPSA) is 96.4 Å². The fraction of sp³-hybridized carbons (Fsp3) is 0.205. The Bertz CT molecular complexity index is 2400. The molecular weight excluding hydrogens is 782 g/mol. The number of carbonyl (C=O) groups is 2. The van der Waals surface area contributed by atoms with Gasteiger partial charge in [0.1, 0.15) is 46.2 Å². The van der Waals surface area contributed by atoms with Crippen LogP contribution in [-0.2, 0) is 21.4 Å². The van der Waals surface area contributed by atoms with E-state index in [1.165, 1.54) is 36.5 Å². The van der Waals surface area contributed by atoms with Crippen molar-refractivity contribution in [3.63, 3.8) is 0 Å². The Morgan fingerprint density at radius 3 is 1.61 bits per heavy atom. The molecule has 0 bridgehead atoms. The smallest absolute Gasteiger partial charge is 0.467 e. The van der Waals surface area contributed by atoms with Crippen LogP contribution in [0.1, 0.15) is 42.4 Å². The predicted octanol–water partition coefficient (Wildman–Crippen LogP) is 11.3. The van der Waals surface area contributed by atoms with Crippen LogP contribution in [0.3, 0.4) is 0 Å². The van der Waals surface area contributed by atoms with Crippen molar-refractivity contribution in [1.82, 2.24) is 4.98 Å². The minimum atomic E-state index is -4.97. The summed E-state index contributed by atoms with van der Waals surface area (Å²) >= 11 is 0. The molecule has 0 fully saturated rings. The fourth-order valence-electron chi connectivity index (χ4n) is 6.01. The lowest BCUT2D eigenvalue weighted by Crippen LogP contribution is -2.47. The highest BCUT2D eigenvalue weighted by Crippen LogP contribution is 2.33. The molecule has 0 spiro atoms. The lowest BCUT2D eigenvalue weighted by molar-refractivity contribution is -0.275. The van der Waals surface area contributed by atoms with E-state index in [4.69, 9.17) is 14.2 Å². The van der Waals surface area contributed by atoms with Crippen molar-refractivity contribution in [2.75, 3.05) is 12.0 Å². The molecule has 6 aromatic rings. The van der Waals surface area contributed by atoms with E-state index in [0.29, 0.717) is 33.6 Å². The number of nitrogens with zero attached hydrogens (tertiary/aromatic N) is 2. The van der Waals surface area contributed by atoms with E-state index in [9.17, 15) is 35.9 Å². The third-order valence-corrected chi connectivity index (χ3v) is 8.87. The predicted molar refractivity (Wildman–Crippen MR) is 206 cm³/mol. The highest BCUT2D eigenvalue weighted by molar-refractivity contribution is 6.09. The number of pyridine rings is 1. The molecule has 1 atom stereocenters. The van der Waals surface area contributed by atoms with Gasteiger partial charge >= 0.3 is 18.7 Å². The number of amides is 1. The van der Waals surface area contributed by atoms with E-state index >= 15 is 0 Å². The number of halogens is 6. The van der Waals surface area contributed by atoms with E-state index in [1.54, 1.807) is 42.5 Å². The molecule has 0 saturated carbocycles. The first-order chi connectivity index (χ1) is 27.8. The SMILES string of the molecule is COC(=O)[C@H](Cc1ccc(Oc2ccc(OC(F)(F)F)cc2)cc1)N(C(=O)c1cc2ccc(Oc3ccc(C(C)(C)C)cc3)cc2cn1)c1ccc(OC(F)(F)F)cc1. The van der Waals surface area contributed by atoms with Gasteiger partial charge in [-0.05, 0) is 113 Å². The first-order valence-corrected chi connectivity index (χ1v) is 17.9. The van der Waals surface area contributed by atoms with Crippen molar-refractivity contribution in [3.8, 4) is 34.5 Å². The second kappa shape index (κ2) is 17.0. The number of rotatable bonds is 12. The number of alkyl halides is 6. The lowest BCUT2D eigenvalue weighted by atomic mass is 9.87. The maximum Gasteiger partial charge on any atom is 0.573 e. The maximum atomic E-state index is 14.4. The monoisotopic (exact) mass is 818 g/mol. The van der Waals surface area contributed by atoms with Crippen LogP contribution in [0.4, 0.5) is 32.0 Å². The summed E-state index contributed by atoms with van der Waals surface area (Å²) in [6.07, 6.45) is -8.48. The molecule has 15 heteroatoms. The van der Waals surface area contributed by atoms with Crippen LogP contribution in [0.2, 0.25) is 0 Å². The van der Waals surface area contributed by atoms with E-state index in [2.05, 4.69) is 35.2 Å². The fourth-order valence-corrected chi connectivity index (χ4v) is 6.01. The molecule has 0 aliphatic rings. The Labute approximate surface area is 334 Å². The summed E-state index contributed by atoms with van der Waals surface area (Å²) in [4.78, 5) is 33.4. The summed E-state index contributed by atoms with van der Waals surface area (Å²) in [7, 11) is 1.13. The number of aromatic nitrogens is 1. The average molecular weight is 819 g/mol. The van der Waals surface area contributed by atoms with Crippen molar-refractivity contribution in [1.29, 1.82) is 0 Å². The zero-order valence-electron chi connectivity index (χ0n) is 31.9. The summed E-state index contributed by atoms with van der Waals surface area (Å²) < 4.78 is 101. The Kier molecular flexibility index (Phi) is 12.1. The van der Waals surface area contributed by atoms with Crippen LogP contribution in [0.25, 0.3) is 10.8 Å². The summed E-state index contributed by atoms with van der Waals surface area (Å²) in [6, 6.07) is 28.6. The summed E-state index contributed by atoms with van der Waals surface area (Å²) in [5, 5.41) is 1.25. The highest BCUT2D eigenvalue weighted by Gasteiger charge is 2.35. The Morgan fingerprint density at radius 2 is 1.08 bits per heavy atom. The van der Waals surface area contributed by atoms with Gasteiger partial charge in [-0.2, -0.15) is 0 Å². The molecule has 9 nitrogen and oxygen atoms in total. The first-order valence-electron chi connectivity index (χ1n) is 17.9. The van der Waals surface area contributed by atoms with Gasteiger partial charge in [0.05, 0.1) is 7.11 Å². The zero-order chi connectivity index (χ0) is 42.5. The first kappa shape index (κ1) is 41.9. The van der Waals surface area contributed by atoms with Gasteiger partial charge < -0.3 is 23.7 Å². The minimum Gasteiger partial charge on any atom is -0.467 e. The standard InChI is InChI=1S/C44H36F6N2O7/c1-42(2,3)30-8-15-33(16-9-30)57-37-14-7-28-25-38(51-26-29(28)24-37)40(53)52(31-10-17-35(18-11-31)58-43(45,46)47)39(41(54)55-4)23-27-5-12-32(13-6-27)56-34-19-21-36(22-20-34)59-44(48,49)50/h5-22,24-26,39H,23H2,1-4H3/t39-/m0/s1. The number of anilines is 1. The largest absolute Gasteiger partial charge is 0.573 e. The van der Waals surface area contributed by atoms with Crippen LogP contribution in [-0.4, -0.2) is 42.7 Å². The third-order valence-electron chi connectivity index (χ3n) is 8.87. The molecular formula is C44H36F6N2O7. The van der Waals surface area contributed by atoms with Crippen molar-refractivity contribution >= 4 is 28.3 Å². The lowest BCUT2D eigenvalue weighted by Gasteiger charge is -2.30. The van der Waals surface area contributed by atoms with Gasteiger partial charge in [-0.25, -0.2) is 4.79 Å². The van der Waals surface area contributed by atoms with Crippen molar-refractivity contribution in [2.24, 2.45) is 0 Å².